The van der Waals surface area contributed by atoms with Crippen molar-refractivity contribution in [3.63, 3.8) is 0 Å². The second kappa shape index (κ2) is 7.52. The molecule has 7 heteroatoms. The van der Waals surface area contributed by atoms with Gasteiger partial charge >= 0.3 is 5.97 Å². The molecule has 1 atom stereocenters. The van der Waals surface area contributed by atoms with E-state index in [2.05, 4.69) is 41.5 Å². The molecule has 6 nitrogen and oxygen atoms in total. The normalized spacial score (nSPS) is 15.4. The number of esters is 1. The molecule has 0 saturated carbocycles. The topological polar surface area (TPSA) is 81.2 Å². The van der Waals surface area contributed by atoms with Crippen molar-refractivity contribution in [2.24, 2.45) is 0 Å². The molecule has 0 bridgehead atoms. The third kappa shape index (κ3) is 3.66. The molecule has 1 aliphatic rings. The van der Waals surface area contributed by atoms with Crippen molar-refractivity contribution in [3.8, 4) is 10.6 Å². The summed E-state index contributed by atoms with van der Waals surface area (Å²) >= 11 is 1.31. The number of hydrogen-bond donors (Lipinski definition) is 1. The van der Waals surface area contributed by atoms with Crippen LogP contribution in [0.5, 0.6) is 0 Å². The molecule has 1 unspecified atom stereocenters. The first kappa shape index (κ1) is 18.3. The van der Waals surface area contributed by atoms with Gasteiger partial charge in [0.25, 0.3) is 0 Å². The van der Waals surface area contributed by atoms with E-state index in [1.54, 1.807) is 12.1 Å². The second-order valence-corrected chi connectivity index (χ2v) is 7.90. The monoisotopic (exact) mass is 393 g/mol. The molecule has 1 aromatic heterocycles. The Labute approximate surface area is 166 Å². The van der Waals surface area contributed by atoms with Crippen LogP contribution in [0, 0.1) is 0 Å². The zero-order valence-corrected chi connectivity index (χ0v) is 16.3. The summed E-state index contributed by atoms with van der Waals surface area (Å²) in [5, 5.41) is 12.1. The highest BCUT2D eigenvalue weighted by Crippen LogP contribution is 2.33. The number of ether oxygens (including phenoxy) is 1. The molecule has 3 aromatic rings. The Morgan fingerprint density at radius 1 is 1.14 bits per heavy atom. The largest absolute Gasteiger partial charge is 0.453 e. The number of carbonyl (C=O) groups excluding carboxylic acids is 2. The molecule has 0 saturated heterocycles. The number of carbonyl (C=O) groups is 2. The lowest BCUT2D eigenvalue weighted by Gasteiger charge is -2.09. The number of nitrogens with zero attached hydrogens (tertiary/aromatic N) is 2. The van der Waals surface area contributed by atoms with Gasteiger partial charge < -0.3 is 10.1 Å². The van der Waals surface area contributed by atoms with E-state index in [0.29, 0.717) is 16.6 Å². The van der Waals surface area contributed by atoms with Crippen LogP contribution >= 0.6 is 11.3 Å². The van der Waals surface area contributed by atoms with Crippen LogP contribution < -0.4 is 5.32 Å². The molecule has 28 heavy (non-hydrogen) atoms. The van der Waals surface area contributed by atoms with Gasteiger partial charge in [0.1, 0.15) is 11.1 Å². The number of fused-ring (bicyclic) bond motifs is 1. The van der Waals surface area contributed by atoms with Crippen LogP contribution in [-0.2, 0) is 9.53 Å². The number of benzene rings is 2. The summed E-state index contributed by atoms with van der Waals surface area (Å²) in [5.74, 6) is -0.197. The van der Waals surface area contributed by atoms with E-state index in [9.17, 15) is 9.59 Å². The van der Waals surface area contributed by atoms with Gasteiger partial charge in [-0.05, 0) is 17.5 Å². The second-order valence-electron chi connectivity index (χ2n) is 6.92. The van der Waals surface area contributed by atoms with E-state index >= 15 is 0 Å². The predicted molar refractivity (Wildman–Crippen MR) is 107 cm³/mol. The minimum Gasteiger partial charge on any atom is -0.453 e. The average Bonchev–Trinajstić information content (AvgIpc) is 3.27. The van der Waals surface area contributed by atoms with Crippen molar-refractivity contribution >= 4 is 28.3 Å². The molecule has 0 aliphatic carbocycles. The number of aromatic nitrogens is 2. The Balaban J connectivity index is 1.42. The van der Waals surface area contributed by atoms with Crippen LogP contribution in [0.3, 0.4) is 0 Å². The minimum atomic E-state index is -0.570. The summed E-state index contributed by atoms with van der Waals surface area (Å²) in [6, 6.07) is 15.3. The number of anilines is 1. The van der Waals surface area contributed by atoms with E-state index in [1.165, 1.54) is 16.9 Å². The lowest BCUT2D eigenvalue weighted by atomic mass is 10.0. The molecule has 2 aromatic carbocycles. The molecule has 142 valence electrons. The van der Waals surface area contributed by atoms with Gasteiger partial charge in [0.05, 0.1) is 12.0 Å². The highest BCUT2D eigenvalue weighted by atomic mass is 32.1. The lowest BCUT2D eigenvalue weighted by molar-refractivity contribution is -0.118. The SMILES string of the molecule is CC(C)c1ccc(-c2nnc(NC(=O)CC3OC(=O)c4ccccc43)s2)cc1. The van der Waals surface area contributed by atoms with Crippen molar-refractivity contribution in [2.45, 2.75) is 32.3 Å². The van der Waals surface area contributed by atoms with E-state index in [4.69, 9.17) is 4.74 Å². The van der Waals surface area contributed by atoms with Gasteiger partial charge in [-0.15, -0.1) is 10.2 Å². The summed E-state index contributed by atoms with van der Waals surface area (Å²) in [6.07, 6.45) is -0.527. The maximum Gasteiger partial charge on any atom is 0.339 e. The van der Waals surface area contributed by atoms with Crippen LogP contribution in [0.15, 0.2) is 48.5 Å². The zero-order chi connectivity index (χ0) is 19.7. The van der Waals surface area contributed by atoms with Gasteiger partial charge in [0, 0.05) is 11.1 Å². The molecule has 0 spiro atoms. The summed E-state index contributed by atoms with van der Waals surface area (Å²) in [7, 11) is 0. The van der Waals surface area contributed by atoms with E-state index in [0.717, 1.165) is 16.1 Å². The third-order valence-corrected chi connectivity index (χ3v) is 5.53. The standard InChI is InChI=1S/C21H19N3O3S/c1-12(2)13-7-9-14(10-8-13)19-23-24-21(28-19)22-18(25)11-17-15-5-3-4-6-16(15)20(26)27-17/h3-10,12,17H,11H2,1-2H3,(H,22,24,25). The first-order valence-corrected chi connectivity index (χ1v) is 9.86. The molecule has 1 aliphatic heterocycles. The van der Waals surface area contributed by atoms with Gasteiger partial charge in [0.15, 0.2) is 0 Å². The van der Waals surface area contributed by atoms with Crippen LogP contribution in [0.25, 0.3) is 10.6 Å². The third-order valence-electron chi connectivity index (χ3n) is 4.64. The van der Waals surface area contributed by atoms with Crippen LogP contribution in [0.2, 0.25) is 0 Å². The Kier molecular flexibility index (Phi) is 4.92. The van der Waals surface area contributed by atoms with Crippen molar-refractivity contribution in [1.82, 2.24) is 10.2 Å². The molecule has 0 fully saturated rings. The number of cyclic esters (lactones) is 1. The predicted octanol–water partition coefficient (Wildman–Crippen LogP) is 4.57. The maximum atomic E-state index is 12.4. The Bertz CT molecular complexity index is 1030. The van der Waals surface area contributed by atoms with Crippen LogP contribution in [0.4, 0.5) is 5.13 Å². The minimum absolute atomic E-state index is 0.0424. The summed E-state index contributed by atoms with van der Waals surface area (Å²) in [5.41, 5.74) is 3.48. The van der Waals surface area contributed by atoms with Gasteiger partial charge in [-0.2, -0.15) is 0 Å². The lowest BCUT2D eigenvalue weighted by Crippen LogP contribution is -2.15. The van der Waals surface area contributed by atoms with Crippen molar-refractivity contribution in [1.29, 1.82) is 0 Å². The first-order chi connectivity index (χ1) is 13.5. The molecule has 2 heterocycles. The van der Waals surface area contributed by atoms with E-state index < -0.39 is 12.1 Å². The van der Waals surface area contributed by atoms with E-state index in [1.807, 2.05) is 24.3 Å². The fourth-order valence-corrected chi connectivity index (χ4v) is 3.88. The van der Waals surface area contributed by atoms with Crippen LogP contribution in [0.1, 0.15) is 53.8 Å². The molecule has 1 N–H and O–H groups in total. The summed E-state index contributed by atoms with van der Waals surface area (Å²) < 4.78 is 5.31. The fraction of sp³-hybridized carbons (Fsp3) is 0.238. The van der Waals surface area contributed by atoms with Crippen molar-refractivity contribution < 1.29 is 14.3 Å². The maximum absolute atomic E-state index is 12.4. The Morgan fingerprint density at radius 2 is 1.89 bits per heavy atom. The highest BCUT2D eigenvalue weighted by Gasteiger charge is 2.32. The Morgan fingerprint density at radius 3 is 2.64 bits per heavy atom. The molecule has 0 radical (unpaired) electrons. The smallest absolute Gasteiger partial charge is 0.339 e. The number of hydrogen-bond acceptors (Lipinski definition) is 6. The van der Waals surface area contributed by atoms with Gasteiger partial charge in [0.2, 0.25) is 11.0 Å². The number of rotatable bonds is 5. The summed E-state index contributed by atoms with van der Waals surface area (Å²) in [6.45, 7) is 4.29. The molecule has 1 amide bonds. The van der Waals surface area contributed by atoms with Crippen LogP contribution in [-0.4, -0.2) is 22.1 Å². The number of nitrogens with one attached hydrogen (secondary N) is 1. The van der Waals surface area contributed by atoms with Crippen molar-refractivity contribution in [3.05, 3.63) is 65.2 Å². The first-order valence-electron chi connectivity index (χ1n) is 9.05. The van der Waals surface area contributed by atoms with Gasteiger partial charge in [-0.1, -0.05) is 67.6 Å². The summed E-state index contributed by atoms with van der Waals surface area (Å²) in [4.78, 5) is 24.3. The molecular weight excluding hydrogens is 374 g/mol. The fourth-order valence-electron chi connectivity index (χ4n) is 3.11. The average molecular weight is 393 g/mol. The molecule has 4 rings (SSSR count). The van der Waals surface area contributed by atoms with Gasteiger partial charge in [-0.3, -0.25) is 4.79 Å². The zero-order valence-electron chi connectivity index (χ0n) is 15.5. The highest BCUT2D eigenvalue weighted by molar-refractivity contribution is 7.18. The van der Waals surface area contributed by atoms with Gasteiger partial charge in [-0.25, -0.2) is 4.79 Å². The molecular formula is C21H19N3O3S. The number of amides is 1. The quantitative estimate of drug-likeness (QED) is 0.642. The van der Waals surface area contributed by atoms with Crippen molar-refractivity contribution in [2.75, 3.05) is 5.32 Å². The van der Waals surface area contributed by atoms with E-state index in [-0.39, 0.29) is 12.3 Å². The Hall–Kier alpha value is -3.06.